The van der Waals surface area contributed by atoms with E-state index in [0.717, 1.165) is 5.56 Å². The minimum atomic E-state index is -0.259. The van der Waals surface area contributed by atoms with Crippen LogP contribution in [0.15, 0.2) is 24.3 Å². The predicted molar refractivity (Wildman–Crippen MR) is 71.3 cm³/mol. The van der Waals surface area contributed by atoms with Crippen molar-refractivity contribution in [2.45, 2.75) is 33.1 Å². The van der Waals surface area contributed by atoms with Crippen molar-refractivity contribution < 1.29 is 9.59 Å². The van der Waals surface area contributed by atoms with Crippen LogP contribution < -0.4 is 4.90 Å². The molecule has 0 saturated carbocycles. The van der Waals surface area contributed by atoms with Gasteiger partial charge < -0.3 is 0 Å². The number of carbonyl (C=O) groups excluding carboxylic acids is 2. The molecule has 1 aromatic carbocycles. The van der Waals surface area contributed by atoms with Crippen LogP contribution in [0, 0.1) is 16.7 Å². The molecule has 0 bridgehead atoms. The number of anilines is 1. The summed E-state index contributed by atoms with van der Waals surface area (Å²) in [5.74, 6) is -0.316. The molecule has 2 amide bonds. The van der Waals surface area contributed by atoms with E-state index < -0.39 is 0 Å². The summed E-state index contributed by atoms with van der Waals surface area (Å²) in [4.78, 5) is 25.4. The van der Waals surface area contributed by atoms with Gasteiger partial charge in [0, 0.05) is 12.8 Å². The van der Waals surface area contributed by atoms with Crippen molar-refractivity contribution in [2.75, 3.05) is 4.90 Å². The average Bonchev–Trinajstić information content (AvgIpc) is 2.29. The van der Waals surface area contributed by atoms with Crippen LogP contribution in [-0.2, 0) is 16.0 Å². The number of nitrogens with zero attached hydrogens (tertiary/aromatic N) is 2. The fourth-order valence-electron chi connectivity index (χ4n) is 2.32. The third kappa shape index (κ3) is 2.82. The van der Waals surface area contributed by atoms with Gasteiger partial charge in [0.05, 0.1) is 18.2 Å². The van der Waals surface area contributed by atoms with Gasteiger partial charge in [-0.3, -0.25) is 14.5 Å². The Morgan fingerprint density at radius 3 is 2.16 bits per heavy atom. The van der Waals surface area contributed by atoms with E-state index in [2.05, 4.69) is 6.07 Å². The van der Waals surface area contributed by atoms with Gasteiger partial charge in [-0.1, -0.05) is 26.0 Å². The SMILES string of the molecule is CC1(C)CC(=O)N(c2ccc(CC#N)cc2)C(=O)C1. The van der Waals surface area contributed by atoms with Gasteiger partial charge in [-0.25, -0.2) is 0 Å². The van der Waals surface area contributed by atoms with E-state index in [9.17, 15) is 9.59 Å². The lowest BCUT2D eigenvalue weighted by molar-refractivity contribution is -0.132. The second kappa shape index (κ2) is 4.85. The van der Waals surface area contributed by atoms with E-state index in [1.54, 1.807) is 24.3 Å². The zero-order chi connectivity index (χ0) is 14.0. The minimum absolute atomic E-state index is 0.158. The van der Waals surface area contributed by atoms with Crippen LogP contribution in [0.4, 0.5) is 5.69 Å². The van der Waals surface area contributed by atoms with Gasteiger partial charge in [-0.2, -0.15) is 5.26 Å². The van der Waals surface area contributed by atoms with E-state index in [4.69, 9.17) is 5.26 Å². The van der Waals surface area contributed by atoms with Gasteiger partial charge in [0.2, 0.25) is 11.8 Å². The summed E-state index contributed by atoms with van der Waals surface area (Å²) in [5.41, 5.74) is 1.21. The molecule has 0 aliphatic carbocycles. The van der Waals surface area contributed by atoms with E-state index in [0.29, 0.717) is 24.9 Å². The third-order valence-electron chi connectivity index (χ3n) is 3.24. The Labute approximate surface area is 112 Å². The summed E-state index contributed by atoms with van der Waals surface area (Å²) in [6.45, 7) is 3.85. The molecule has 0 N–H and O–H groups in total. The van der Waals surface area contributed by atoms with Crippen molar-refractivity contribution in [3.63, 3.8) is 0 Å². The first-order valence-corrected chi connectivity index (χ1v) is 6.25. The molecule has 2 rings (SSSR count). The Morgan fingerprint density at radius 1 is 1.16 bits per heavy atom. The molecule has 0 atom stereocenters. The van der Waals surface area contributed by atoms with Crippen molar-refractivity contribution in [3.8, 4) is 6.07 Å². The van der Waals surface area contributed by atoms with Crippen LogP contribution in [0.5, 0.6) is 0 Å². The number of piperidine rings is 1. The van der Waals surface area contributed by atoms with Crippen LogP contribution in [0.3, 0.4) is 0 Å². The second-order valence-corrected chi connectivity index (χ2v) is 5.64. The van der Waals surface area contributed by atoms with Gasteiger partial charge in [0.15, 0.2) is 0 Å². The fraction of sp³-hybridized carbons (Fsp3) is 0.400. The molecule has 1 aromatic rings. The maximum absolute atomic E-state index is 12.1. The first kappa shape index (κ1) is 13.3. The molecule has 4 heteroatoms. The van der Waals surface area contributed by atoms with Crippen molar-refractivity contribution in [1.82, 2.24) is 0 Å². The highest BCUT2D eigenvalue weighted by Crippen LogP contribution is 2.33. The van der Waals surface area contributed by atoms with Gasteiger partial charge in [0.25, 0.3) is 0 Å². The molecule has 0 radical (unpaired) electrons. The molecule has 1 aliphatic heterocycles. The maximum atomic E-state index is 12.1. The Hall–Kier alpha value is -2.15. The normalized spacial score (nSPS) is 18.3. The summed E-state index contributed by atoms with van der Waals surface area (Å²) in [6, 6.07) is 9.06. The number of rotatable bonds is 2. The molecular formula is C15H16N2O2. The number of nitriles is 1. The zero-order valence-corrected chi connectivity index (χ0v) is 11.1. The van der Waals surface area contributed by atoms with Crippen molar-refractivity contribution in [3.05, 3.63) is 29.8 Å². The fourth-order valence-corrected chi connectivity index (χ4v) is 2.32. The topological polar surface area (TPSA) is 61.2 Å². The minimum Gasteiger partial charge on any atom is -0.274 e. The quantitative estimate of drug-likeness (QED) is 0.763. The summed E-state index contributed by atoms with van der Waals surface area (Å²) >= 11 is 0. The second-order valence-electron chi connectivity index (χ2n) is 5.64. The van der Waals surface area contributed by atoms with Gasteiger partial charge in [-0.15, -0.1) is 0 Å². The molecule has 98 valence electrons. The standard InChI is InChI=1S/C15H16N2O2/c1-15(2)9-13(18)17(14(19)10-15)12-5-3-11(4-6-12)7-8-16/h3-6H,7,9-10H2,1-2H3. The molecule has 0 unspecified atom stereocenters. The van der Waals surface area contributed by atoms with E-state index in [-0.39, 0.29) is 17.2 Å². The third-order valence-corrected chi connectivity index (χ3v) is 3.24. The molecule has 1 saturated heterocycles. The molecule has 19 heavy (non-hydrogen) atoms. The van der Waals surface area contributed by atoms with Gasteiger partial charge in [0.1, 0.15) is 0 Å². The van der Waals surface area contributed by atoms with Crippen molar-refractivity contribution in [2.24, 2.45) is 5.41 Å². The molecule has 1 aliphatic rings. The smallest absolute Gasteiger partial charge is 0.234 e. The Morgan fingerprint density at radius 2 is 1.68 bits per heavy atom. The highest BCUT2D eigenvalue weighted by Gasteiger charge is 2.38. The molecular weight excluding hydrogens is 240 g/mol. The molecule has 4 nitrogen and oxygen atoms in total. The van der Waals surface area contributed by atoms with Crippen molar-refractivity contribution in [1.29, 1.82) is 5.26 Å². The lowest BCUT2D eigenvalue weighted by Gasteiger charge is -2.34. The Bertz CT molecular complexity index is 533. The zero-order valence-electron chi connectivity index (χ0n) is 11.1. The lowest BCUT2D eigenvalue weighted by Crippen LogP contribution is -2.46. The van der Waals surface area contributed by atoms with E-state index in [1.807, 2.05) is 13.8 Å². The van der Waals surface area contributed by atoms with Crippen LogP contribution in [0.1, 0.15) is 32.3 Å². The number of amides is 2. The summed E-state index contributed by atoms with van der Waals surface area (Å²) < 4.78 is 0. The average molecular weight is 256 g/mol. The van der Waals surface area contributed by atoms with Gasteiger partial charge >= 0.3 is 0 Å². The van der Waals surface area contributed by atoms with Crippen LogP contribution in [0.2, 0.25) is 0 Å². The van der Waals surface area contributed by atoms with Crippen LogP contribution >= 0.6 is 0 Å². The first-order valence-electron chi connectivity index (χ1n) is 6.25. The lowest BCUT2D eigenvalue weighted by atomic mass is 9.81. The summed E-state index contributed by atoms with van der Waals surface area (Å²) in [6.07, 6.45) is 1.08. The van der Waals surface area contributed by atoms with Crippen LogP contribution in [0.25, 0.3) is 0 Å². The predicted octanol–water partition coefficient (Wildman–Crippen LogP) is 2.43. The largest absolute Gasteiger partial charge is 0.274 e. The molecule has 0 spiro atoms. The maximum Gasteiger partial charge on any atom is 0.234 e. The van der Waals surface area contributed by atoms with Crippen molar-refractivity contribution >= 4 is 17.5 Å². The van der Waals surface area contributed by atoms with E-state index >= 15 is 0 Å². The monoisotopic (exact) mass is 256 g/mol. The number of benzene rings is 1. The van der Waals surface area contributed by atoms with E-state index in [1.165, 1.54) is 4.90 Å². The summed E-state index contributed by atoms with van der Waals surface area (Å²) in [7, 11) is 0. The number of imide groups is 1. The molecule has 1 heterocycles. The first-order chi connectivity index (χ1) is 8.93. The highest BCUT2D eigenvalue weighted by atomic mass is 16.2. The molecule has 0 aromatic heterocycles. The Balaban J connectivity index is 2.24. The molecule has 1 fully saturated rings. The number of hydrogen-bond donors (Lipinski definition) is 0. The van der Waals surface area contributed by atoms with Gasteiger partial charge in [-0.05, 0) is 23.1 Å². The van der Waals surface area contributed by atoms with Crippen LogP contribution in [-0.4, -0.2) is 11.8 Å². The summed E-state index contributed by atoms with van der Waals surface area (Å²) in [5, 5.41) is 8.61. The highest BCUT2D eigenvalue weighted by molar-refractivity contribution is 6.16. The number of hydrogen-bond acceptors (Lipinski definition) is 3. The number of carbonyl (C=O) groups is 2. The Kier molecular flexibility index (Phi) is 3.39.